The average Bonchev–Trinajstić information content (AvgIpc) is 2.47. The number of halogens is 1. The number of hydrogen-bond donors (Lipinski definition) is 1. The number of rotatable bonds is 5. The fourth-order valence-electron chi connectivity index (χ4n) is 2.22. The monoisotopic (exact) mass is 282 g/mol. The van der Waals surface area contributed by atoms with Gasteiger partial charge in [-0.15, -0.1) is 0 Å². The molecule has 2 aromatic carbocycles. The molecule has 2 nitrogen and oxygen atoms in total. The summed E-state index contributed by atoms with van der Waals surface area (Å²) in [7, 11) is 0. The fraction of sp³-hybridized carbons (Fsp3) is 0.278. The van der Waals surface area contributed by atoms with Crippen molar-refractivity contribution in [2.75, 3.05) is 5.32 Å². The lowest BCUT2D eigenvalue weighted by Crippen LogP contribution is -2.08. The van der Waals surface area contributed by atoms with E-state index in [2.05, 4.69) is 37.4 Å². The summed E-state index contributed by atoms with van der Waals surface area (Å²) in [6.07, 6.45) is 1.03. The summed E-state index contributed by atoms with van der Waals surface area (Å²) >= 11 is 0. The second-order valence-corrected chi connectivity index (χ2v) is 5.55. The molecule has 1 unspecified atom stereocenters. The summed E-state index contributed by atoms with van der Waals surface area (Å²) in [6, 6.07) is 15.9. The first-order valence-electron chi connectivity index (χ1n) is 7.09. The molecule has 2 rings (SSSR count). The Kier molecular flexibility index (Phi) is 4.94. The summed E-state index contributed by atoms with van der Waals surface area (Å²) in [6.45, 7) is 4.37. The number of nitrogens with one attached hydrogen (secondary N) is 1. The molecular formula is C18H19FN2. The van der Waals surface area contributed by atoms with E-state index in [-0.39, 0.29) is 5.82 Å². The minimum Gasteiger partial charge on any atom is -0.366 e. The highest BCUT2D eigenvalue weighted by Gasteiger charge is 2.10. The SMILES string of the molecule is CC(C)Cc1ccc(C(C#N)Nc2ccc(F)cc2)cc1. The smallest absolute Gasteiger partial charge is 0.140 e. The second kappa shape index (κ2) is 6.90. The van der Waals surface area contributed by atoms with Crippen LogP contribution < -0.4 is 5.32 Å². The molecule has 0 aliphatic carbocycles. The first-order chi connectivity index (χ1) is 10.1. The Morgan fingerprint density at radius 2 is 1.67 bits per heavy atom. The minimum absolute atomic E-state index is 0.285. The third kappa shape index (κ3) is 4.32. The highest BCUT2D eigenvalue weighted by Crippen LogP contribution is 2.20. The van der Waals surface area contributed by atoms with Crippen LogP contribution in [0.2, 0.25) is 0 Å². The Bertz CT molecular complexity index is 609. The van der Waals surface area contributed by atoms with Crippen LogP contribution in [-0.4, -0.2) is 0 Å². The summed E-state index contributed by atoms with van der Waals surface area (Å²) in [5.74, 6) is 0.326. The quantitative estimate of drug-likeness (QED) is 0.862. The molecule has 0 heterocycles. The molecule has 0 aliphatic heterocycles. The number of nitriles is 1. The standard InChI is InChI=1S/C18H19FN2/c1-13(2)11-14-3-5-15(6-4-14)18(12-20)21-17-9-7-16(19)8-10-17/h3-10,13,18,21H,11H2,1-2H3. The van der Waals surface area contributed by atoms with Gasteiger partial charge in [-0.25, -0.2) is 4.39 Å². The Balaban J connectivity index is 2.10. The molecule has 0 spiro atoms. The zero-order valence-corrected chi connectivity index (χ0v) is 12.3. The first-order valence-corrected chi connectivity index (χ1v) is 7.09. The Hall–Kier alpha value is -2.34. The highest BCUT2D eigenvalue weighted by molar-refractivity contribution is 5.47. The molecule has 108 valence electrons. The van der Waals surface area contributed by atoms with E-state index in [4.69, 9.17) is 0 Å². The molecule has 0 radical (unpaired) electrons. The molecule has 0 aliphatic rings. The van der Waals surface area contributed by atoms with E-state index in [1.54, 1.807) is 12.1 Å². The largest absolute Gasteiger partial charge is 0.366 e. The van der Waals surface area contributed by atoms with Gasteiger partial charge in [0.25, 0.3) is 0 Å². The fourth-order valence-corrected chi connectivity index (χ4v) is 2.22. The van der Waals surface area contributed by atoms with Gasteiger partial charge in [0, 0.05) is 5.69 Å². The number of nitrogens with zero attached hydrogens (tertiary/aromatic N) is 1. The predicted octanol–water partition coefficient (Wildman–Crippen LogP) is 4.70. The zero-order valence-electron chi connectivity index (χ0n) is 12.3. The van der Waals surface area contributed by atoms with Crippen molar-refractivity contribution in [3.63, 3.8) is 0 Å². The van der Waals surface area contributed by atoms with Crippen LogP contribution in [0.5, 0.6) is 0 Å². The molecule has 1 atom stereocenters. The predicted molar refractivity (Wildman–Crippen MR) is 83.4 cm³/mol. The van der Waals surface area contributed by atoms with Crippen LogP contribution >= 0.6 is 0 Å². The average molecular weight is 282 g/mol. The van der Waals surface area contributed by atoms with Crippen LogP contribution in [0.25, 0.3) is 0 Å². The van der Waals surface area contributed by atoms with E-state index in [0.29, 0.717) is 5.92 Å². The number of anilines is 1. The summed E-state index contributed by atoms with van der Waals surface area (Å²) in [5.41, 5.74) is 2.91. The maximum Gasteiger partial charge on any atom is 0.140 e. The van der Waals surface area contributed by atoms with Gasteiger partial charge < -0.3 is 5.32 Å². The van der Waals surface area contributed by atoms with E-state index in [0.717, 1.165) is 17.7 Å². The molecule has 0 saturated carbocycles. The van der Waals surface area contributed by atoms with Crippen molar-refractivity contribution in [1.82, 2.24) is 0 Å². The molecule has 21 heavy (non-hydrogen) atoms. The van der Waals surface area contributed by atoms with Crippen LogP contribution in [0.4, 0.5) is 10.1 Å². The molecule has 1 N–H and O–H groups in total. The Morgan fingerprint density at radius 1 is 1.05 bits per heavy atom. The van der Waals surface area contributed by atoms with Gasteiger partial charge in [0.05, 0.1) is 6.07 Å². The number of hydrogen-bond acceptors (Lipinski definition) is 2. The van der Waals surface area contributed by atoms with Crippen molar-refractivity contribution in [1.29, 1.82) is 5.26 Å². The van der Waals surface area contributed by atoms with E-state index < -0.39 is 6.04 Å². The zero-order chi connectivity index (χ0) is 15.2. The van der Waals surface area contributed by atoms with Gasteiger partial charge in [-0.1, -0.05) is 38.1 Å². The lowest BCUT2D eigenvalue weighted by Gasteiger charge is -2.14. The second-order valence-electron chi connectivity index (χ2n) is 5.55. The maximum atomic E-state index is 12.9. The van der Waals surface area contributed by atoms with Crippen molar-refractivity contribution in [3.8, 4) is 6.07 Å². The van der Waals surface area contributed by atoms with Gasteiger partial charge >= 0.3 is 0 Å². The van der Waals surface area contributed by atoms with Gasteiger partial charge in [-0.05, 0) is 47.7 Å². The molecule has 3 heteroatoms. The molecule has 2 aromatic rings. The van der Waals surface area contributed by atoms with E-state index in [9.17, 15) is 9.65 Å². The van der Waals surface area contributed by atoms with Crippen LogP contribution in [0.1, 0.15) is 31.0 Å². The Labute approximate surface area is 125 Å². The van der Waals surface area contributed by atoms with Crippen molar-refractivity contribution in [3.05, 3.63) is 65.5 Å². The van der Waals surface area contributed by atoms with Gasteiger partial charge in [-0.3, -0.25) is 0 Å². The lowest BCUT2D eigenvalue weighted by atomic mass is 9.99. The Morgan fingerprint density at radius 3 is 2.19 bits per heavy atom. The van der Waals surface area contributed by atoms with Crippen LogP contribution in [0.3, 0.4) is 0 Å². The minimum atomic E-state index is -0.441. The normalized spacial score (nSPS) is 12.0. The van der Waals surface area contributed by atoms with E-state index >= 15 is 0 Å². The van der Waals surface area contributed by atoms with Gasteiger partial charge in [0.2, 0.25) is 0 Å². The van der Waals surface area contributed by atoms with Crippen LogP contribution in [-0.2, 0) is 6.42 Å². The molecule has 0 fully saturated rings. The van der Waals surface area contributed by atoms with Crippen molar-refractivity contribution >= 4 is 5.69 Å². The van der Waals surface area contributed by atoms with Crippen molar-refractivity contribution in [2.24, 2.45) is 5.92 Å². The number of benzene rings is 2. The summed E-state index contributed by atoms with van der Waals surface area (Å²) in [4.78, 5) is 0. The summed E-state index contributed by atoms with van der Waals surface area (Å²) < 4.78 is 12.9. The third-order valence-corrected chi connectivity index (χ3v) is 3.24. The van der Waals surface area contributed by atoms with Gasteiger partial charge in [0.15, 0.2) is 0 Å². The third-order valence-electron chi connectivity index (χ3n) is 3.24. The van der Waals surface area contributed by atoms with Crippen molar-refractivity contribution < 1.29 is 4.39 Å². The van der Waals surface area contributed by atoms with Gasteiger partial charge in [0.1, 0.15) is 11.9 Å². The van der Waals surface area contributed by atoms with Crippen LogP contribution in [0, 0.1) is 23.1 Å². The van der Waals surface area contributed by atoms with Gasteiger partial charge in [-0.2, -0.15) is 5.26 Å². The van der Waals surface area contributed by atoms with Crippen LogP contribution in [0.15, 0.2) is 48.5 Å². The highest BCUT2D eigenvalue weighted by atomic mass is 19.1. The van der Waals surface area contributed by atoms with E-state index in [1.807, 2.05) is 12.1 Å². The molecule has 0 aromatic heterocycles. The molecular weight excluding hydrogens is 263 g/mol. The topological polar surface area (TPSA) is 35.8 Å². The van der Waals surface area contributed by atoms with E-state index in [1.165, 1.54) is 17.7 Å². The lowest BCUT2D eigenvalue weighted by molar-refractivity contribution is 0.628. The molecule has 0 bridgehead atoms. The summed E-state index contributed by atoms with van der Waals surface area (Å²) in [5, 5.41) is 12.4. The first kappa shape index (κ1) is 15.1. The molecule has 0 amide bonds. The van der Waals surface area contributed by atoms with Crippen molar-refractivity contribution in [2.45, 2.75) is 26.3 Å². The molecule has 0 saturated heterocycles. The maximum absolute atomic E-state index is 12.9.